The van der Waals surface area contributed by atoms with Crippen LogP contribution in [0.1, 0.15) is 19.3 Å². The number of methoxy groups -OCH3 is 1. The molecule has 0 aromatic rings. The van der Waals surface area contributed by atoms with Crippen molar-refractivity contribution in [3.63, 3.8) is 0 Å². The van der Waals surface area contributed by atoms with Crippen LogP contribution in [0.25, 0.3) is 0 Å². The van der Waals surface area contributed by atoms with E-state index in [0.717, 1.165) is 12.8 Å². The molecule has 70 valence electrons. The molecule has 2 rings (SSSR count). The fourth-order valence-electron chi connectivity index (χ4n) is 2.45. The van der Waals surface area contributed by atoms with Gasteiger partial charge < -0.3 is 4.74 Å². The summed E-state index contributed by atoms with van der Waals surface area (Å²) in [5.74, 6) is 0.411. The second-order valence-electron chi connectivity index (χ2n) is 3.99. The first-order chi connectivity index (χ1) is 6.18. The predicted octanol–water partition coefficient (Wildman–Crippen LogP) is 2.07. The Balaban J connectivity index is 2.21. The largest absolute Gasteiger partial charge is 0.466 e. The first-order valence-electron chi connectivity index (χ1n) is 4.65. The van der Waals surface area contributed by atoms with Gasteiger partial charge in [-0.3, -0.25) is 0 Å². The van der Waals surface area contributed by atoms with E-state index in [2.05, 4.69) is 18.7 Å². The average molecular weight is 178 g/mol. The number of esters is 1. The number of ether oxygens (including phenoxy) is 1. The number of carbonyl (C=O) groups excluding carboxylic acids is 1. The van der Waals surface area contributed by atoms with Crippen LogP contribution < -0.4 is 0 Å². The summed E-state index contributed by atoms with van der Waals surface area (Å²) in [6.07, 6.45) is 7.65. The van der Waals surface area contributed by atoms with Crippen molar-refractivity contribution in [2.45, 2.75) is 19.3 Å². The molecule has 0 saturated heterocycles. The molecule has 2 nitrogen and oxygen atoms in total. The summed E-state index contributed by atoms with van der Waals surface area (Å²) < 4.78 is 4.70. The van der Waals surface area contributed by atoms with E-state index >= 15 is 0 Å². The molecular formula is C11H14O2. The van der Waals surface area contributed by atoms with Crippen LogP contribution in [0.3, 0.4) is 0 Å². The Kier molecular flexibility index (Phi) is 1.79. The van der Waals surface area contributed by atoms with Crippen LogP contribution in [0.4, 0.5) is 0 Å². The summed E-state index contributed by atoms with van der Waals surface area (Å²) in [5, 5.41) is 0. The highest BCUT2D eigenvalue weighted by Gasteiger charge is 2.45. The third kappa shape index (κ3) is 1.12. The number of hydrogen-bond acceptors (Lipinski definition) is 2. The lowest BCUT2D eigenvalue weighted by molar-refractivity contribution is -0.137. The van der Waals surface area contributed by atoms with Crippen molar-refractivity contribution in [3.8, 4) is 0 Å². The molecule has 0 spiro atoms. The summed E-state index contributed by atoms with van der Waals surface area (Å²) >= 11 is 0. The van der Waals surface area contributed by atoms with Gasteiger partial charge in [0.1, 0.15) is 0 Å². The molecule has 0 radical (unpaired) electrons. The van der Waals surface area contributed by atoms with Gasteiger partial charge in [-0.25, -0.2) is 4.79 Å². The maximum atomic E-state index is 11.3. The van der Waals surface area contributed by atoms with Gasteiger partial charge in [0.15, 0.2) is 0 Å². The second kappa shape index (κ2) is 2.72. The molecule has 2 heteroatoms. The van der Waals surface area contributed by atoms with Crippen LogP contribution in [0.5, 0.6) is 0 Å². The van der Waals surface area contributed by atoms with Gasteiger partial charge in [0.25, 0.3) is 0 Å². The molecule has 0 amide bonds. The molecule has 2 aliphatic rings. The second-order valence-corrected chi connectivity index (χ2v) is 3.99. The van der Waals surface area contributed by atoms with Crippen molar-refractivity contribution in [2.24, 2.45) is 11.3 Å². The molecule has 0 aromatic heterocycles. The van der Waals surface area contributed by atoms with Crippen LogP contribution in [0.2, 0.25) is 0 Å². The van der Waals surface area contributed by atoms with Crippen molar-refractivity contribution in [2.75, 3.05) is 7.11 Å². The molecule has 0 heterocycles. The summed E-state index contributed by atoms with van der Waals surface area (Å²) in [7, 11) is 1.41. The van der Waals surface area contributed by atoms with E-state index < -0.39 is 0 Å². The molecule has 0 aromatic carbocycles. The quantitative estimate of drug-likeness (QED) is 0.367. The van der Waals surface area contributed by atoms with E-state index in [4.69, 9.17) is 4.74 Å². The minimum absolute atomic E-state index is 0.0578. The zero-order valence-electron chi connectivity index (χ0n) is 7.88. The van der Waals surface area contributed by atoms with Crippen LogP contribution in [-0.4, -0.2) is 13.1 Å². The van der Waals surface area contributed by atoms with Crippen LogP contribution in [0.15, 0.2) is 24.3 Å². The first kappa shape index (κ1) is 8.54. The molecule has 1 fully saturated rings. The Bertz CT molecular complexity index is 290. The molecule has 1 saturated carbocycles. The normalized spacial score (nSPS) is 35.0. The number of hydrogen-bond donors (Lipinski definition) is 0. The highest BCUT2D eigenvalue weighted by molar-refractivity contribution is 5.90. The Morgan fingerprint density at radius 1 is 1.69 bits per heavy atom. The number of allylic oxidation sites excluding steroid dienone is 2. The third-order valence-corrected chi connectivity index (χ3v) is 3.31. The smallest absolute Gasteiger partial charge is 0.334 e. The van der Waals surface area contributed by atoms with Crippen molar-refractivity contribution in [1.82, 2.24) is 0 Å². The van der Waals surface area contributed by atoms with E-state index in [1.165, 1.54) is 13.5 Å². The zero-order valence-corrected chi connectivity index (χ0v) is 7.88. The predicted molar refractivity (Wildman–Crippen MR) is 50.1 cm³/mol. The van der Waals surface area contributed by atoms with Crippen molar-refractivity contribution in [3.05, 3.63) is 24.3 Å². The summed E-state index contributed by atoms with van der Waals surface area (Å²) in [4.78, 5) is 11.3. The highest BCUT2D eigenvalue weighted by atomic mass is 16.5. The van der Waals surface area contributed by atoms with Crippen LogP contribution in [-0.2, 0) is 9.53 Å². The van der Waals surface area contributed by atoms with Gasteiger partial charge in [-0.05, 0) is 25.2 Å². The molecule has 2 unspecified atom stereocenters. The van der Waals surface area contributed by atoms with Crippen molar-refractivity contribution >= 4 is 5.97 Å². The Morgan fingerprint density at radius 2 is 2.46 bits per heavy atom. The Labute approximate surface area is 78.3 Å². The number of rotatable bonds is 2. The van der Waals surface area contributed by atoms with Crippen molar-refractivity contribution < 1.29 is 9.53 Å². The third-order valence-electron chi connectivity index (χ3n) is 3.31. The SMILES string of the molecule is C=C(C(=O)OC)C12C=CC(CC1)C2. The fourth-order valence-corrected chi connectivity index (χ4v) is 2.45. The summed E-state index contributed by atoms with van der Waals surface area (Å²) in [6.45, 7) is 3.85. The maximum absolute atomic E-state index is 11.3. The number of fused-ring (bicyclic) bond motifs is 2. The minimum atomic E-state index is -0.257. The molecule has 2 bridgehead atoms. The van der Waals surface area contributed by atoms with Gasteiger partial charge in [-0.1, -0.05) is 18.7 Å². The first-order valence-corrected chi connectivity index (χ1v) is 4.65. The molecule has 13 heavy (non-hydrogen) atoms. The lowest BCUT2D eigenvalue weighted by Crippen LogP contribution is -2.21. The van der Waals surface area contributed by atoms with Gasteiger partial charge in [0, 0.05) is 11.0 Å². The Morgan fingerprint density at radius 3 is 2.85 bits per heavy atom. The molecule has 0 N–H and O–H groups in total. The lowest BCUT2D eigenvalue weighted by Gasteiger charge is -2.24. The topological polar surface area (TPSA) is 26.3 Å². The van der Waals surface area contributed by atoms with E-state index in [9.17, 15) is 4.79 Å². The molecule has 2 aliphatic carbocycles. The van der Waals surface area contributed by atoms with Crippen LogP contribution >= 0.6 is 0 Å². The van der Waals surface area contributed by atoms with Gasteiger partial charge in [-0.15, -0.1) is 0 Å². The molecule has 2 atom stereocenters. The summed E-state index contributed by atoms with van der Waals surface area (Å²) in [5.41, 5.74) is 0.573. The van der Waals surface area contributed by atoms with E-state index in [1.54, 1.807) is 0 Å². The monoisotopic (exact) mass is 178 g/mol. The van der Waals surface area contributed by atoms with E-state index in [0.29, 0.717) is 11.5 Å². The maximum Gasteiger partial charge on any atom is 0.334 e. The van der Waals surface area contributed by atoms with Gasteiger partial charge in [0.05, 0.1) is 7.11 Å². The number of carbonyl (C=O) groups is 1. The molecule has 0 aliphatic heterocycles. The van der Waals surface area contributed by atoms with E-state index in [1.807, 2.05) is 0 Å². The summed E-state index contributed by atoms with van der Waals surface area (Å²) in [6, 6.07) is 0. The van der Waals surface area contributed by atoms with Crippen LogP contribution in [0, 0.1) is 11.3 Å². The fraction of sp³-hybridized carbons (Fsp3) is 0.545. The lowest BCUT2D eigenvalue weighted by atomic mass is 9.80. The van der Waals surface area contributed by atoms with Gasteiger partial charge >= 0.3 is 5.97 Å². The van der Waals surface area contributed by atoms with Crippen molar-refractivity contribution in [1.29, 1.82) is 0 Å². The average Bonchev–Trinajstić information content (AvgIpc) is 2.76. The Hall–Kier alpha value is -1.05. The standard InChI is InChI=1S/C11H14O2/c1-8(10(12)13-2)11-5-3-9(7-11)4-6-11/h3,5,9H,1,4,6-7H2,2H3. The van der Waals surface area contributed by atoms with Gasteiger partial charge in [-0.2, -0.15) is 0 Å². The minimum Gasteiger partial charge on any atom is -0.466 e. The molecular weight excluding hydrogens is 164 g/mol. The van der Waals surface area contributed by atoms with E-state index in [-0.39, 0.29) is 11.4 Å². The highest BCUT2D eigenvalue weighted by Crippen LogP contribution is 2.53. The van der Waals surface area contributed by atoms with Gasteiger partial charge in [0.2, 0.25) is 0 Å². The zero-order chi connectivity index (χ0) is 9.47.